The summed E-state index contributed by atoms with van der Waals surface area (Å²) in [5.74, 6) is -0.500. The van der Waals surface area contributed by atoms with Gasteiger partial charge in [-0.05, 0) is 19.3 Å². The van der Waals surface area contributed by atoms with Gasteiger partial charge >= 0.3 is 0 Å². The summed E-state index contributed by atoms with van der Waals surface area (Å²) >= 11 is 0. The molecule has 0 saturated carbocycles. The quantitative estimate of drug-likeness (QED) is 0.0365. The van der Waals surface area contributed by atoms with Crippen LogP contribution in [0, 0.1) is 0 Å². The molecule has 0 spiro atoms. The van der Waals surface area contributed by atoms with Crippen LogP contribution in [0.3, 0.4) is 0 Å². The number of allylic oxidation sites excluding steroid dienone is 1. The van der Waals surface area contributed by atoms with Crippen LogP contribution < -0.4 is 5.32 Å². The summed E-state index contributed by atoms with van der Waals surface area (Å²) in [5.41, 5.74) is 0. The Morgan fingerprint density at radius 1 is 0.429 bits per heavy atom. The third-order valence-corrected chi connectivity index (χ3v) is 12.1. The highest BCUT2D eigenvalue weighted by molar-refractivity contribution is 5.80. The van der Waals surface area contributed by atoms with E-state index in [0.717, 1.165) is 32.1 Å². The van der Waals surface area contributed by atoms with Crippen molar-refractivity contribution in [3.8, 4) is 0 Å². The summed E-state index contributed by atoms with van der Waals surface area (Å²) in [6.45, 7) is 4.18. The fourth-order valence-electron chi connectivity index (χ4n) is 8.13. The monoisotopic (exact) mass is 792 g/mol. The van der Waals surface area contributed by atoms with Crippen LogP contribution in [0.25, 0.3) is 0 Å². The van der Waals surface area contributed by atoms with Crippen molar-refractivity contribution in [1.82, 2.24) is 5.32 Å². The summed E-state index contributed by atoms with van der Waals surface area (Å²) in [7, 11) is 0. The Balaban J connectivity index is 3.44. The lowest BCUT2D eigenvalue weighted by Gasteiger charge is -2.21. The third-order valence-electron chi connectivity index (χ3n) is 12.1. The number of aliphatic hydroxyl groups is 3. The minimum Gasteiger partial charge on any atom is -0.394 e. The van der Waals surface area contributed by atoms with Gasteiger partial charge in [-0.2, -0.15) is 0 Å². The van der Waals surface area contributed by atoms with E-state index < -0.39 is 24.2 Å². The molecule has 0 heterocycles. The molecule has 0 bridgehead atoms. The lowest BCUT2D eigenvalue weighted by atomic mass is 10.0. The van der Waals surface area contributed by atoms with Crippen LogP contribution >= 0.6 is 0 Å². The number of rotatable bonds is 47. The molecule has 0 saturated heterocycles. The number of hydrogen-bond donors (Lipinski definition) is 4. The standard InChI is InChI=1S/C51H101NO4/c1-3-5-7-9-11-13-15-16-17-18-19-20-21-22-23-24-25-26-27-28-29-30-31-32-33-34-35-36-38-40-42-44-46-50(55)51(56)52-48(47-53)49(54)45-43-41-39-37-14-12-10-8-6-4-2/h43,45,48-50,53-55H,3-42,44,46-47H2,1-2H3,(H,52,56)/b45-43+. The minimum atomic E-state index is -1.09. The highest BCUT2D eigenvalue weighted by Gasteiger charge is 2.22. The van der Waals surface area contributed by atoms with Gasteiger partial charge in [0.15, 0.2) is 0 Å². The van der Waals surface area contributed by atoms with Gasteiger partial charge in [0, 0.05) is 0 Å². The average Bonchev–Trinajstić information content (AvgIpc) is 3.20. The van der Waals surface area contributed by atoms with Gasteiger partial charge in [-0.25, -0.2) is 0 Å². The summed E-state index contributed by atoms with van der Waals surface area (Å²) in [6, 6.07) is -0.792. The predicted octanol–water partition coefficient (Wildman–Crippen LogP) is 15.2. The zero-order valence-electron chi connectivity index (χ0n) is 38.0. The van der Waals surface area contributed by atoms with E-state index in [-0.39, 0.29) is 6.61 Å². The van der Waals surface area contributed by atoms with Gasteiger partial charge in [-0.1, -0.05) is 276 Å². The molecule has 334 valence electrons. The van der Waals surface area contributed by atoms with Crippen LogP contribution in [0.4, 0.5) is 0 Å². The summed E-state index contributed by atoms with van der Waals surface area (Å²) in [5, 5.41) is 33.1. The molecule has 0 fully saturated rings. The number of aliphatic hydroxyl groups excluding tert-OH is 3. The lowest BCUT2D eigenvalue weighted by molar-refractivity contribution is -0.131. The van der Waals surface area contributed by atoms with Gasteiger partial charge < -0.3 is 20.6 Å². The Morgan fingerprint density at radius 3 is 0.982 bits per heavy atom. The fraction of sp³-hybridized carbons (Fsp3) is 0.941. The number of nitrogens with one attached hydrogen (secondary N) is 1. The van der Waals surface area contributed by atoms with Crippen molar-refractivity contribution < 1.29 is 20.1 Å². The molecule has 5 heteroatoms. The summed E-state index contributed by atoms with van der Waals surface area (Å²) < 4.78 is 0. The predicted molar refractivity (Wildman–Crippen MR) is 245 cm³/mol. The maximum absolute atomic E-state index is 12.5. The summed E-state index contributed by atoms with van der Waals surface area (Å²) in [6.07, 6.45) is 57.2. The van der Waals surface area contributed by atoms with Crippen molar-refractivity contribution in [2.45, 2.75) is 302 Å². The first-order valence-electron chi connectivity index (χ1n) is 25.5. The van der Waals surface area contributed by atoms with E-state index in [9.17, 15) is 20.1 Å². The SMILES string of the molecule is CCCCCCCCCC/C=C/C(O)C(CO)NC(=O)C(O)CCCCCCCCCCCCCCCCCCCCCCCCCCCCCCCCCC. The molecule has 0 aromatic heterocycles. The van der Waals surface area contributed by atoms with Crippen LogP contribution in [0.2, 0.25) is 0 Å². The molecule has 0 aliphatic rings. The molecule has 0 rings (SSSR count). The fourth-order valence-corrected chi connectivity index (χ4v) is 8.13. The molecule has 0 aromatic rings. The second kappa shape index (κ2) is 46.8. The highest BCUT2D eigenvalue weighted by atomic mass is 16.3. The Kier molecular flexibility index (Phi) is 46.0. The van der Waals surface area contributed by atoms with Gasteiger partial charge in [0.05, 0.1) is 18.8 Å². The van der Waals surface area contributed by atoms with Crippen molar-refractivity contribution >= 4 is 5.91 Å². The van der Waals surface area contributed by atoms with Gasteiger partial charge in [0.25, 0.3) is 0 Å². The molecular formula is C51H101NO4. The first-order valence-corrected chi connectivity index (χ1v) is 25.5. The molecule has 56 heavy (non-hydrogen) atoms. The normalized spacial score (nSPS) is 13.4. The Labute approximate surface area is 350 Å². The molecule has 3 atom stereocenters. The van der Waals surface area contributed by atoms with Crippen molar-refractivity contribution in [2.24, 2.45) is 0 Å². The number of carbonyl (C=O) groups is 1. The van der Waals surface area contributed by atoms with Crippen molar-refractivity contribution in [3.05, 3.63) is 12.2 Å². The maximum Gasteiger partial charge on any atom is 0.249 e. The van der Waals surface area contributed by atoms with Gasteiger partial charge in [0.1, 0.15) is 6.10 Å². The number of carbonyl (C=O) groups excluding carboxylic acids is 1. The Hall–Kier alpha value is -0.910. The van der Waals surface area contributed by atoms with Crippen LogP contribution in [0.1, 0.15) is 284 Å². The second-order valence-corrected chi connectivity index (χ2v) is 17.7. The number of hydrogen-bond acceptors (Lipinski definition) is 4. The second-order valence-electron chi connectivity index (χ2n) is 17.7. The van der Waals surface area contributed by atoms with Crippen molar-refractivity contribution in [3.63, 3.8) is 0 Å². The van der Waals surface area contributed by atoms with E-state index in [0.29, 0.717) is 6.42 Å². The topological polar surface area (TPSA) is 89.8 Å². The van der Waals surface area contributed by atoms with Crippen LogP contribution in [-0.4, -0.2) is 46.1 Å². The zero-order chi connectivity index (χ0) is 40.8. The van der Waals surface area contributed by atoms with Gasteiger partial charge in [-0.15, -0.1) is 0 Å². The van der Waals surface area contributed by atoms with Crippen molar-refractivity contribution in [2.75, 3.05) is 6.61 Å². The molecule has 1 amide bonds. The molecule has 0 aliphatic carbocycles. The van der Waals surface area contributed by atoms with Gasteiger partial charge in [-0.3, -0.25) is 4.79 Å². The molecule has 4 N–H and O–H groups in total. The van der Waals surface area contributed by atoms with E-state index in [1.165, 1.54) is 231 Å². The van der Waals surface area contributed by atoms with Gasteiger partial charge in [0.2, 0.25) is 5.91 Å². The first kappa shape index (κ1) is 55.1. The van der Waals surface area contributed by atoms with E-state index in [4.69, 9.17) is 0 Å². The summed E-state index contributed by atoms with van der Waals surface area (Å²) in [4.78, 5) is 12.5. The van der Waals surface area contributed by atoms with Crippen LogP contribution in [0.15, 0.2) is 12.2 Å². The molecule has 0 aromatic carbocycles. The van der Waals surface area contributed by atoms with E-state index in [2.05, 4.69) is 19.2 Å². The highest BCUT2D eigenvalue weighted by Crippen LogP contribution is 2.17. The smallest absolute Gasteiger partial charge is 0.249 e. The molecule has 3 unspecified atom stereocenters. The molecule has 0 radical (unpaired) electrons. The molecule has 5 nitrogen and oxygen atoms in total. The molecular weight excluding hydrogens is 691 g/mol. The van der Waals surface area contributed by atoms with E-state index in [1.54, 1.807) is 6.08 Å². The zero-order valence-corrected chi connectivity index (χ0v) is 38.0. The van der Waals surface area contributed by atoms with E-state index in [1.807, 2.05) is 6.08 Å². The molecule has 0 aliphatic heterocycles. The number of amides is 1. The first-order chi connectivity index (χ1) is 27.6. The maximum atomic E-state index is 12.5. The third kappa shape index (κ3) is 41.3. The van der Waals surface area contributed by atoms with Crippen molar-refractivity contribution in [1.29, 1.82) is 0 Å². The Bertz CT molecular complexity index is 788. The van der Waals surface area contributed by atoms with Crippen LogP contribution in [-0.2, 0) is 4.79 Å². The van der Waals surface area contributed by atoms with Crippen LogP contribution in [0.5, 0.6) is 0 Å². The lowest BCUT2D eigenvalue weighted by Crippen LogP contribution is -2.48. The number of unbranched alkanes of at least 4 members (excludes halogenated alkanes) is 39. The van der Waals surface area contributed by atoms with E-state index >= 15 is 0 Å². The minimum absolute atomic E-state index is 0.360. The average molecular weight is 792 g/mol. The largest absolute Gasteiger partial charge is 0.394 e. The Morgan fingerprint density at radius 2 is 0.696 bits per heavy atom.